The van der Waals surface area contributed by atoms with Crippen LogP contribution in [-0.4, -0.2) is 24.5 Å². The summed E-state index contributed by atoms with van der Waals surface area (Å²) in [7, 11) is 1.87. The zero-order valence-electron chi connectivity index (χ0n) is 14.1. The van der Waals surface area contributed by atoms with Crippen LogP contribution in [0.25, 0.3) is 10.8 Å². The average Bonchev–Trinajstić information content (AvgIpc) is 3.19. The Balaban J connectivity index is 1.77. The molecule has 0 aliphatic carbocycles. The molecule has 2 atom stereocenters. The number of nitrogens with zero attached hydrogens (tertiary/aromatic N) is 1. The quantitative estimate of drug-likeness (QED) is 0.667. The van der Waals surface area contributed by atoms with Gasteiger partial charge in [0.2, 0.25) is 0 Å². The van der Waals surface area contributed by atoms with Crippen molar-refractivity contribution < 1.29 is 9.53 Å². The second-order valence-corrected chi connectivity index (χ2v) is 6.91. The van der Waals surface area contributed by atoms with Crippen molar-refractivity contribution in [2.24, 2.45) is 0 Å². The number of carbonyl (C=O) groups is 1. The average molecular weight is 329 g/mol. The minimum atomic E-state index is -0.697. The lowest BCUT2D eigenvalue weighted by Crippen LogP contribution is -2.44. The summed E-state index contributed by atoms with van der Waals surface area (Å²) in [4.78, 5) is 14.8. The van der Waals surface area contributed by atoms with Gasteiger partial charge in [0.1, 0.15) is 0 Å². The molecule has 2 aliphatic heterocycles. The lowest BCUT2D eigenvalue weighted by Gasteiger charge is -2.37. The monoisotopic (exact) mass is 329 g/mol. The molecule has 3 heteroatoms. The van der Waals surface area contributed by atoms with Crippen LogP contribution in [0.3, 0.4) is 0 Å². The molecular formula is C22H19NO2. The van der Waals surface area contributed by atoms with Crippen LogP contribution in [0.5, 0.6) is 0 Å². The fourth-order valence-electron chi connectivity index (χ4n) is 4.53. The van der Waals surface area contributed by atoms with Gasteiger partial charge >= 0.3 is 0 Å². The highest BCUT2D eigenvalue weighted by atomic mass is 16.5. The maximum atomic E-state index is 13.0. The third-order valence-corrected chi connectivity index (χ3v) is 5.71. The maximum absolute atomic E-state index is 13.0. The first-order valence-corrected chi connectivity index (χ1v) is 8.72. The minimum absolute atomic E-state index is 0.0450. The van der Waals surface area contributed by atoms with E-state index in [9.17, 15) is 4.79 Å². The highest BCUT2D eigenvalue weighted by Crippen LogP contribution is 2.54. The van der Waals surface area contributed by atoms with E-state index in [1.807, 2.05) is 31.3 Å². The summed E-state index contributed by atoms with van der Waals surface area (Å²) in [5.74, 6) is 0.189. The molecule has 3 nitrogen and oxygen atoms in total. The smallest absolute Gasteiger partial charge is 0.256 e. The Hall–Kier alpha value is -2.65. The summed E-state index contributed by atoms with van der Waals surface area (Å²) >= 11 is 0. The Morgan fingerprint density at radius 1 is 1.00 bits per heavy atom. The van der Waals surface area contributed by atoms with Crippen LogP contribution in [0, 0.1) is 0 Å². The van der Waals surface area contributed by atoms with E-state index in [1.54, 1.807) is 4.90 Å². The highest BCUT2D eigenvalue weighted by molar-refractivity contribution is 6.04. The number of amides is 1. The van der Waals surface area contributed by atoms with Crippen LogP contribution in [0.1, 0.15) is 33.8 Å². The van der Waals surface area contributed by atoms with Crippen LogP contribution < -0.4 is 0 Å². The number of benzene rings is 3. The molecule has 0 bridgehead atoms. The summed E-state index contributed by atoms with van der Waals surface area (Å²) in [5, 5.41) is 2.24. The lowest BCUT2D eigenvalue weighted by molar-refractivity contribution is -0.0996. The number of likely N-dealkylation sites (N-methyl/N-ethyl adjacent to an activating group) is 1. The fraction of sp³-hybridized carbons (Fsp3) is 0.227. The predicted molar refractivity (Wildman–Crippen MR) is 97.5 cm³/mol. The first-order valence-electron chi connectivity index (χ1n) is 8.72. The van der Waals surface area contributed by atoms with Crippen LogP contribution in [0.4, 0.5) is 0 Å². The number of carbonyl (C=O) groups excluding carboxylic acids is 1. The van der Waals surface area contributed by atoms with Crippen molar-refractivity contribution in [3.63, 3.8) is 0 Å². The number of hydrogen-bond donors (Lipinski definition) is 0. The molecule has 124 valence electrons. The second kappa shape index (κ2) is 5.17. The number of ether oxygens (including phenoxy) is 1. The highest BCUT2D eigenvalue weighted by Gasteiger charge is 2.57. The van der Waals surface area contributed by atoms with E-state index in [0.29, 0.717) is 6.61 Å². The van der Waals surface area contributed by atoms with Gasteiger partial charge in [-0.3, -0.25) is 4.79 Å². The van der Waals surface area contributed by atoms with Gasteiger partial charge in [0.25, 0.3) is 5.91 Å². The summed E-state index contributed by atoms with van der Waals surface area (Å²) < 4.78 is 6.33. The standard InChI is InChI=1S/C22H19NO2/c1-23-21(24)18-13-16-9-5-6-10-17(16)14-20(18)22(23)19(11-12-25-22)15-7-3-2-4-8-15/h2-10,13-14,19H,11-12H2,1H3/t19-,22-/m1/s1. The van der Waals surface area contributed by atoms with Crippen molar-refractivity contribution >= 4 is 16.7 Å². The molecule has 2 aliphatic rings. The summed E-state index contributed by atoms with van der Waals surface area (Å²) in [5.41, 5.74) is 2.30. The molecule has 0 radical (unpaired) electrons. The predicted octanol–water partition coefficient (Wildman–Crippen LogP) is 4.28. The number of hydrogen-bond acceptors (Lipinski definition) is 2. The topological polar surface area (TPSA) is 29.5 Å². The Morgan fingerprint density at radius 2 is 1.68 bits per heavy atom. The zero-order chi connectivity index (χ0) is 17.0. The van der Waals surface area contributed by atoms with Gasteiger partial charge in [-0.25, -0.2) is 0 Å². The third kappa shape index (κ3) is 1.87. The fourth-order valence-corrected chi connectivity index (χ4v) is 4.53. The first-order chi connectivity index (χ1) is 12.2. The van der Waals surface area contributed by atoms with Gasteiger partial charge in [-0.2, -0.15) is 0 Å². The molecule has 3 aromatic carbocycles. The van der Waals surface area contributed by atoms with Crippen molar-refractivity contribution in [1.29, 1.82) is 0 Å². The van der Waals surface area contributed by atoms with Gasteiger partial charge in [0, 0.05) is 24.1 Å². The van der Waals surface area contributed by atoms with Gasteiger partial charge in [-0.05, 0) is 34.9 Å². The van der Waals surface area contributed by atoms with E-state index in [2.05, 4.69) is 42.5 Å². The molecule has 5 rings (SSSR count). The van der Waals surface area contributed by atoms with Crippen molar-refractivity contribution in [3.8, 4) is 0 Å². The van der Waals surface area contributed by atoms with Crippen molar-refractivity contribution in [2.75, 3.05) is 13.7 Å². The zero-order valence-corrected chi connectivity index (χ0v) is 14.1. The minimum Gasteiger partial charge on any atom is -0.350 e. The number of fused-ring (bicyclic) bond motifs is 3. The van der Waals surface area contributed by atoms with Crippen LogP contribution >= 0.6 is 0 Å². The van der Waals surface area contributed by atoms with Gasteiger partial charge in [0.15, 0.2) is 5.72 Å². The Labute approximate surface area is 146 Å². The largest absolute Gasteiger partial charge is 0.350 e. The molecule has 0 aromatic heterocycles. The van der Waals surface area contributed by atoms with E-state index in [-0.39, 0.29) is 11.8 Å². The SMILES string of the molecule is CN1C(=O)c2cc3ccccc3cc2[C@@]12OCC[C@@H]2c1ccccc1. The molecule has 1 fully saturated rings. The van der Waals surface area contributed by atoms with Crippen LogP contribution in [0.15, 0.2) is 66.7 Å². The number of rotatable bonds is 1. The Bertz CT molecular complexity index is 982. The first kappa shape index (κ1) is 14.7. The molecule has 1 amide bonds. The molecule has 3 aromatic rings. The molecule has 2 heterocycles. The van der Waals surface area contributed by atoms with Gasteiger partial charge < -0.3 is 9.64 Å². The molecule has 1 saturated heterocycles. The molecule has 1 spiro atoms. The second-order valence-electron chi connectivity index (χ2n) is 6.91. The van der Waals surface area contributed by atoms with E-state index in [4.69, 9.17) is 4.74 Å². The van der Waals surface area contributed by atoms with Crippen LogP contribution in [-0.2, 0) is 10.5 Å². The molecule has 25 heavy (non-hydrogen) atoms. The van der Waals surface area contributed by atoms with Crippen molar-refractivity contribution in [3.05, 3.63) is 83.4 Å². The van der Waals surface area contributed by atoms with E-state index in [0.717, 1.165) is 28.3 Å². The molecule has 0 N–H and O–H groups in total. The van der Waals surface area contributed by atoms with E-state index < -0.39 is 5.72 Å². The summed E-state index contributed by atoms with van der Waals surface area (Å²) in [6.45, 7) is 0.656. The normalized spacial score (nSPS) is 25.1. The summed E-state index contributed by atoms with van der Waals surface area (Å²) in [6.07, 6.45) is 0.911. The Morgan fingerprint density at radius 3 is 2.44 bits per heavy atom. The molecule has 0 unspecified atom stereocenters. The van der Waals surface area contributed by atoms with Gasteiger partial charge in [0.05, 0.1) is 6.61 Å². The molecule has 0 saturated carbocycles. The summed E-state index contributed by atoms with van der Waals surface area (Å²) in [6, 6.07) is 22.8. The van der Waals surface area contributed by atoms with Gasteiger partial charge in [-0.15, -0.1) is 0 Å². The third-order valence-electron chi connectivity index (χ3n) is 5.71. The van der Waals surface area contributed by atoms with E-state index in [1.165, 1.54) is 5.56 Å². The maximum Gasteiger partial charge on any atom is 0.256 e. The van der Waals surface area contributed by atoms with E-state index >= 15 is 0 Å². The molecular weight excluding hydrogens is 310 g/mol. The van der Waals surface area contributed by atoms with Gasteiger partial charge in [-0.1, -0.05) is 54.6 Å². The van der Waals surface area contributed by atoms with Crippen molar-refractivity contribution in [1.82, 2.24) is 4.90 Å². The van der Waals surface area contributed by atoms with Crippen molar-refractivity contribution in [2.45, 2.75) is 18.1 Å². The lowest BCUT2D eigenvalue weighted by atomic mass is 9.82. The van der Waals surface area contributed by atoms with Crippen LogP contribution in [0.2, 0.25) is 0 Å². The Kier molecular flexibility index (Phi) is 3.03.